The van der Waals surface area contributed by atoms with Gasteiger partial charge in [0.25, 0.3) is 0 Å². The Kier molecular flexibility index (Phi) is 3.18. The molecule has 1 saturated carbocycles. The third-order valence-corrected chi connectivity index (χ3v) is 4.29. The van der Waals surface area contributed by atoms with E-state index in [1.165, 1.54) is 56.9 Å². The van der Waals surface area contributed by atoms with Crippen molar-refractivity contribution in [1.29, 1.82) is 0 Å². The molecule has 0 spiro atoms. The van der Waals surface area contributed by atoms with Crippen molar-refractivity contribution in [3.05, 3.63) is 11.8 Å². The van der Waals surface area contributed by atoms with Crippen LogP contribution in [0, 0.1) is 5.92 Å². The van der Waals surface area contributed by atoms with Crippen LogP contribution in [0.15, 0.2) is 11.8 Å². The zero-order valence-electron chi connectivity index (χ0n) is 9.99. The molecular formula is C14H22O2. The van der Waals surface area contributed by atoms with Crippen LogP contribution in [0.2, 0.25) is 0 Å². The number of fused-ring (bicyclic) bond motifs is 2. The van der Waals surface area contributed by atoms with Gasteiger partial charge in [-0.25, -0.2) is 0 Å². The van der Waals surface area contributed by atoms with E-state index in [1.54, 1.807) is 0 Å². The fourth-order valence-corrected chi connectivity index (χ4v) is 3.33. The van der Waals surface area contributed by atoms with Crippen molar-refractivity contribution >= 4 is 0 Å². The molecule has 2 heteroatoms. The zero-order valence-corrected chi connectivity index (χ0v) is 9.99. The van der Waals surface area contributed by atoms with E-state index < -0.39 is 0 Å². The second kappa shape index (κ2) is 4.79. The highest BCUT2D eigenvalue weighted by Crippen LogP contribution is 2.38. The molecule has 3 rings (SSSR count). The van der Waals surface area contributed by atoms with Crippen LogP contribution < -0.4 is 0 Å². The van der Waals surface area contributed by atoms with Crippen molar-refractivity contribution in [3.8, 4) is 0 Å². The first-order chi connectivity index (χ1) is 7.92. The molecule has 2 nitrogen and oxygen atoms in total. The lowest BCUT2D eigenvalue weighted by Crippen LogP contribution is -2.20. The maximum absolute atomic E-state index is 5.83. The average molecular weight is 222 g/mol. The lowest BCUT2D eigenvalue weighted by Gasteiger charge is -2.19. The van der Waals surface area contributed by atoms with Crippen LogP contribution in [0.25, 0.3) is 0 Å². The van der Waals surface area contributed by atoms with Gasteiger partial charge in [0, 0.05) is 5.92 Å². The van der Waals surface area contributed by atoms with Gasteiger partial charge in [-0.05, 0) is 50.5 Å². The highest BCUT2D eigenvalue weighted by atomic mass is 16.5. The van der Waals surface area contributed by atoms with Gasteiger partial charge in [0.15, 0.2) is 0 Å². The van der Waals surface area contributed by atoms with Gasteiger partial charge in [0.2, 0.25) is 0 Å². The molecule has 3 aliphatic rings. The molecule has 0 aromatic carbocycles. The van der Waals surface area contributed by atoms with E-state index in [4.69, 9.17) is 9.47 Å². The first-order valence-electron chi connectivity index (χ1n) is 6.87. The maximum Gasteiger partial charge on any atom is 0.0927 e. The topological polar surface area (TPSA) is 18.5 Å². The predicted octanol–water partition coefficient (Wildman–Crippen LogP) is 3.42. The predicted molar refractivity (Wildman–Crippen MR) is 63.1 cm³/mol. The average Bonchev–Trinajstić information content (AvgIpc) is 2.92. The minimum Gasteiger partial charge on any atom is -0.501 e. The molecule has 3 unspecified atom stereocenters. The minimum absolute atomic E-state index is 0.509. The SMILES string of the molecule is C(OCC1CC2CCC1O2)=C1CCCCC1. The summed E-state index contributed by atoms with van der Waals surface area (Å²) >= 11 is 0. The van der Waals surface area contributed by atoms with E-state index in [2.05, 4.69) is 0 Å². The van der Waals surface area contributed by atoms with E-state index >= 15 is 0 Å². The van der Waals surface area contributed by atoms with Gasteiger partial charge in [0.05, 0.1) is 25.1 Å². The largest absolute Gasteiger partial charge is 0.501 e. The molecular weight excluding hydrogens is 200 g/mol. The van der Waals surface area contributed by atoms with Gasteiger partial charge >= 0.3 is 0 Å². The van der Waals surface area contributed by atoms with E-state index in [0.717, 1.165) is 6.61 Å². The second-order valence-corrected chi connectivity index (χ2v) is 5.54. The molecule has 16 heavy (non-hydrogen) atoms. The summed E-state index contributed by atoms with van der Waals surface area (Å²) in [5.74, 6) is 0.666. The number of hydrogen-bond acceptors (Lipinski definition) is 2. The highest BCUT2D eigenvalue weighted by Gasteiger charge is 2.40. The molecule has 90 valence electrons. The lowest BCUT2D eigenvalue weighted by atomic mass is 9.90. The normalized spacial score (nSPS) is 37.8. The third-order valence-electron chi connectivity index (χ3n) is 4.29. The summed E-state index contributed by atoms with van der Waals surface area (Å²) < 4.78 is 11.6. The van der Waals surface area contributed by atoms with Gasteiger partial charge in [-0.1, -0.05) is 6.42 Å². The first-order valence-corrected chi connectivity index (χ1v) is 6.87. The molecule has 3 fully saturated rings. The van der Waals surface area contributed by atoms with Crippen LogP contribution in [0.4, 0.5) is 0 Å². The van der Waals surface area contributed by atoms with E-state index in [0.29, 0.717) is 18.1 Å². The summed E-state index contributed by atoms with van der Waals surface area (Å²) in [6, 6.07) is 0. The Morgan fingerprint density at radius 1 is 1.19 bits per heavy atom. The van der Waals surface area contributed by atoms with Crippen molar-refractivity contribution in [3.63, 3.8) is 0 Å². The standard InChI is InChI=1S/C14H22O2/c1-2-4-11(5-3-1)9-15-10-12-8-13-6-7-14(12)16-13/h9,12-14H,1-8,10H2. The number of rotatable bonds is 3. The van der Waals surface area contributed by atoms with E-state index in [9.17, 15) is 0 Å². The van der Waals surface area contributed by atoms with Crippen molar-refractivity contribution in [1.82, 2.24) is 0 Å². The van der Waals surface area contributed by atoms with Gasteiger partial charge in [0.1, 0.15) is 0 Å². The van der Waals surface area contributed by atoms with E-state index in [-0.39, 0.29) is 0 Å². The quantitative estimate of drug-likeness (QED) is 0.681. The zero-order chi connectivity index (χ0) is 10.8. The Labute approximate surface area is 98.0 Å². The smallest absolute Gasteiger partial charge is 0.0927 e. The summed E-state index contributed by atoms with van der Waals surface area (Å²) in [5, 5.41) is 0. The molecule has 0 radical (unpaired) electrons. The van der Waals surface area contributed by atoms with Crippen LogP contribution in [0.3, 0.4) is 0 Å². The fraction of sp³-hybridized carbons (Fsp3) is 0.857. The molecule has 2 aliphatic heterocycles. The van der Waals surface area contributed by atoms with Gasteiger partial charge in [-0.3, -0.25) is 0 Å². The van der Waals surface area contributed by atoms with Gasteiger partial charge in [-0.2, -0.15) is 0 Å². The number of hydrogen-bond donors (Lipinski definition) is 0. The molecule has 1 aliphatic carbocycles. The molecule has 2 saturated heterocycles. The van der Waals surface area contributed by atoms with Crippen LogP contribution in [0.5, 0.6) is 0 Å². The van der Waals surface area contributed by atoms with Crippen molar-refractivity contribution in [2.24, 2.45) is 5.92 Å². The highest BCUT2D eigenvalue weighted by molar-refractivity contribution is 5.00. The van der Waals surface area contributed by atoms with E-state index in [1.807, 2.05) is 6.26 Å². The Balaban J connectivity index is 1.43. The molecule has 0 aromatic rings. The Morgan fingerprint density at radius 3 is 2.75 bits per heavy atom. The summed E-state index contributed by atoms with van der Waals surface area (Å²) in [6.07, 6.45) is 13.5. The third kappa shape index (κ3) is 2.27. The summed E-state index contributed by atoms with van der Waals surface area (Å²) in [7, 11) is 0. The molecule has 0 amide bonds. The van der Waals surface area contributed by atoms with Crippen molar-refractivity contribution < 1.29 is 9.47 Å². The molecule has 2 heterocycles. The fourth-order valence-electron chi connectivity index (χ4n) is 3.33. The second-order valence-electron chi connectivity index (χ2n) is 5.54. The molecule has 0 N–H and O–H groups in total. The molecule has 3 atom stereocenters. The maximum atomic E-state index is 5.83. The minimum atomic E-state index is 0.509. The Bertz CT molecular complexity index is 264. The molecule has 2 bridgehead atoms. The van der Waals surface area contributed by atoms with Crippen LogP contribution >= 0.6 is 0 Å². The lowest BCUT2D eigenvalue weighted by molar-refractivity contribution is 0.0757. The van der Waals surface area contributed by atoms with Crippen molar-refractivity contribution in [2.45, 2.75) is 63.6 Å². The van der Waals surface area contributed by atoms with Crippen molar-refractivity contribution in [2.75, 3.05) is 6.61 Å². The Morgan fingerprint density at radius 2 is 2.06 bits per heavy atom. The summed E-state index contributed by atoms with van der Waals surface area (Å²) in [4.78, 5) is 0. The van der Waals surface area contributed by atoms with Gasteiger partial charge in [-0.15, -0.1) is 0 Å². The summed E-state index contributed by atoms with van der Waals surface area (Å²) in [5.41, 5.74) is 1.52. The van der Waals surface area contributed by atoms with Gasteiger partial charge < -0.3 is 9.47 Å². The van der Waals surface area contributed by atoms with Crippen LogP contribution in [-0.4, -0.2) is 18.8 Å². The molecule has 0 aromatic heterocycles. The summed E-state index contributed by atoms with van der Waals surface area (Å²) in [6.45, 7) is 0.880. The Hall–Kier alpha value is -0.500. The van der Waals surface area contributed by atoms with Crippen LogP contribution in [0.1, 0.15) is 51.4 Å². The number of ether oxygens (including phenoxy) is 2. The number of allylic oxidation sites excluding steroid dienone is 1. The van der Waals surface area contributed by atoms with Crippen LogP contribution in [-0.2, 0) is 9.47 Å². The monoisotopic (exact) mass is 222 g/mol. The first kappa shape index (κ1) is 10.6.